The van der Waals surface area contributed by atoms with Crippen molar-refractivity contribution in [2.75, 3.05) is 0 Å². The van der Waals surface area contributed by atoms with Gasteiger partial charge in [-0.05, 0) is 24.3 Å². The second-order valence-electron chi connectivity index (χ2n) is 3.45. The molecule has 6 heteroatoms. The van der Waals surface area contributed by atoms with Crippen molar-refractivity contribution in [2.24, 2.45) is 5.73 Å². The van der Waals surface area contributed by atoms with E-state index < -0.39 is 5.82 Å². The van der Waals surface area contributed by atoms with Gasteiger partial charge in [-0.25, -0.2) is 9.37 Å². The third kappa shape index (κ3) is 2.57. The van der Waals surface area contributed by atoms with Gasteiger partial charge >= 0.3 is 0 Å². The maximum absolute atomic E-state index is 13.6. The average Bonchev–Trinajstić information content (AvgIpc) is 2.36. The number of pyridine rings is 1. The summed E-state index contributed by atoms with van der Waals surface area (Å²) in [6, 6.07) is 7.53. The fraction of sp³-hybridized carbons (Fsp3) is 0. The molecule has 0 radical (unpaired) electrons. The SMILES string of the molecule is N=C(N)c1ccc(Oc2cccc(Cl)c2F)cn1. The largest absolute Gasteiger partial charge is 0.453 e. The predicted octanol–water partition coefficient (Wildman–Crippen LogP) is 2.95. The van der Waals surface area contributed by atoms with Crippen LogP contribution in [0.25, 0.3) is 0 Å². The van der Waals surface area contributed by atoms with Gasteiger partial charge in [0.25, 0.3) is 0 Å². The molecule has 0 bridgehead atoms. The van der Waals surface area contributed by atoms with Gasteiger partial charge in [-0.3, -0.25) is 5.41 Å². The zero-order chi connectivity index (χ0) is 13.1. The van der Waals surface area contributed by atoms with Crippen molar-refractivity contribution in [2.45, 2.75) is 0 Å². The zero-order valence-corrected chi connectivity index (χ0v) is 9.91. The van der Waals surface area contributed by atoms with Crippen LogP contribution in [0.2, 0.25) is 5.02 Å². The third-order valence-electron chi connectivity index (χ3n) is 2.16. The van der Waals surface area contributed by atoms with Crippen LogP contribution in [-0.2, 0) is 0 Å². The fourth-order valence-corrected chi connectivity index (χ4v) is 1.46. The molecular formula is C12H9ClFN3O. The molecule has 18 heavy (non-hydrogen) atoms. The predicted molar refractivity (Wildman–Crippen MR) is 66.7 cm³/mol. The highest BCUT2D eigenvalue weighted by atomic mass is 35.5. The van der Waals surface area contributed by atoms with E-state index in [-0.39, 0.29) is 16.6 Å². The summed E-state index contributed by atoms with van der Waals surface area (Å²) in [5, 5.41) is 7.17. The van der Waals surface area contributed by atoms with E-state index in [4.69, 9.17) is 27.5 Å². The molecule has 0 aliphatic rings. The summed E-state index contributed by atoms with van der Waals surface area (Å²) < 4.78 is 18.9. The molecule has 0 fully saturated rings. The Morgan fingerprint density at radius 3 is 2.72 bits per heavy atom. The van der Waals surface area contributed by atoms with Crippen molar-refractivity contribution < 1.29 is 9.13 Å². The Kier molecular flexibility index (Phi) is 3.43. The Morgan fingerprint density at radius 1 is 1.33 bits per heavy atom. The summed E-state index contributed by atoms with van der Waals surface area (Å²) in [5.41, 5.74) is 5.59. The highest BCUT2D eigenvalue weighted by molar-refractivity contribution is 6.30. The van der Waals surface area contributed by atoms with E-state index in [9.17, 15) is 4.39 Å². The number of hydrogen-bond acceptors (Lipinski definition) is 3. The maximum atomic E-state index is 13.6. The average molecular weight is 266 g/mol. The number of rotatable bonds is 3. The Balaban J connectivity index is 2.24. The van der Waals surface area contributed by atoms with Gasteiger partial charge in [-0.2, -0.15) is 0 Å². The Labute approximate surface area is 108 Å². The second-order valence-corrected chi connectivity index (χ2v) is 3.85. The van der Waals surface area contributed by atoms with Gasteiger partial charge < -0.3 is 10.5 Å². The molecule has 0 saturated carbocycles. The van der Waals surface area contributed by atoms with Gasteiger partial charge in [0.05, 0.1) is 11.2 Å². The van der Waals surface area contributed by atoms with Crippen LogP contribution in [0.3, 0.4) is 0 Å². The molecule has 0 aliphatic heterocycles. The topological polar surface area (TPSA) is 72.0 Å². The second kappa shape index (κ2) is 5.01. The molecule has 0 aliphatic carbocycles. The molecule has 92 valence electrons. The number of nitrogens with one attached hydrogen (secondary N) is 1. The van der Waals surface area contributed by atoms with Crippen LogP contribution < -0.4 is 10.5 Å². The molecule has 1 aromatic carbocycles. The number of ether oxygens (including phenoxy) is 1. The van der Waals surface area contributed by atoms with Gasteiger partial charge in [0.2, 0.25) is 0 Å². The van der Waals surface area contributed by atoms with Crippen LogP contribution in [-0.4, -0.2) is 10.8 Å². The van der Waals surface area contributed by atoms with E-state index in [0.29, 0.717) is 11.4 Å². The number of aromatic nitrogens is 1. The maximum Gasteiger partial charge on any atom is 0.184 e. The molecular weight excluding hydrogens is 257 g/mol. The normalized spacial score (nSPS) is 10.1. The molecule has 0 saturated heterocycles. The van der Waals surface area contributed by atoms with Gasteiger partial charge in [-0.15, -0.1) is 0 Å². The lowest BCUT2D eigenvalue weighted by molar-refractivity contribution is 0.441. The van der Waals surface area contributed by atoms with E-state index in [1.54, 1.807) is 12.1 Å². The van der Waals surface area contributed by atoms with Crippen LogP contribution in [0.15, 0.2) is 36.5 Å². The summed E-state index contributed by atoms with van der Waals surface area (Å²) in [7, 11) is 0. The standard InChI is InChI=1S/C12H9ClFN3O/c13-8-2-1-3-10(11(8)14)18-7-4-5-9(12(15)16)17-6-7/h1-6H,(H3,15,16). The van der Waals surface area contributed by atoms with Crippen LogP contribution in [0.1, 0.15) is 5.69 Å². The summed E-state index contributed by atoms with van der Waals surface area (Å²) in [6.07, 6.45) is 1.36. The molecule has 4 nitrogen and oxygen atoms in total. The summed E-state index contributed by atoms with van der Waals surface area (Å²) in [5.74, 6) is -0.425. The molecule has 3 N–H and O–H groups in total. The van der Waals surface area contributed by atoms with Gasteiger partial charge in [0, 0.05) is 0 Å². The Hall–Kier alpha value is -2.14. The molecule has 0 amide bonds. The first-order valence-corrected chi connectivity index (χ1v) is 5.38. The molecule has 0 unspecified atom stereocenters. The number of amidine groups is 1. The minimum Gasteiger partial charge on any atom is -0.453 e. The molecule has 1 heterocycles. The Bertz CT molecular complexity index is 586. The number of nitrogens with zero attached hydrogens (tertiary/aromatic N) is 1. The van der Waals surface area contributed by atoms with E-state index in [1.807, 2.05) is 0 Å². The Morgan fingerprint density at radius 2 is 2.11 bits per heavy atom. The van der Waals surface area contributed by atoms with Crippen molar-refractivity contribution in [1.29, 1.82) is 5.41 Å². The molecule has 0 spiro atoms. The number of halogens is 2. The molecule has 2 rings (SSSR count). The van der Waals surface area contributed by atoms with Crippen molar-refractivity contribution in [1.82, 2.24) is 4.98 Å². The monoisotopic (exact) mass is 265 g/mol. The number of nitrogen functional groups attached to an aromatic ring is 1. The zero-order valence-electron chi connectivity index (χ0n) is 9.15. The van der Waals surface area contributed by atoms with E-state index >= 15 is 0 Å². The highest BCUT2D eigenvalue weighted by Crippen LogP contribution is 2.28. The van der Waals surface area contributed by atoms with Gasteiger partial charge in [0.15, 0.2) is 11.6 Å². The van der Waals surface area contributed by atoms with Crippen molar-refractivity contribution >= 4 is 17.4 Å². The lowest BCUT2D eigenvalue weighted by Crippen LogP contribution is -2.12. The third-order valence-corrected chi connectivity index (χ3v) is 2.45. The summed E-state index contributed by atoms with van der Waals surface area (Å²) >= 11 is 5.63. The number of hydrogen-bond donors (Lipinski definition) is 2. The smallest absolute Gasteiger partial charge is 0.184 e. The van der Waals surface area contributed by atoms with Crippen LogP contribution >= 0.6 is 11.6 Å². The first kappa shape index (κ1) is 12.3. The van der Waals surface area contributed by atoms with E-state index in [1.165, 1.54) is 24.4 Å². The van der Waals surface area contributed by atoms with Gasteiger partial charge in [0.1, 0.15) is 17.3 Å². The van der Waals surface area contributed by atoms with Crippen LogP contribution in [0, 0.1) is 11.2 Å². The van der Waals surface area contributed by atoms with E-state index in [0.717, 1.165) is 0 Å². The van der Waals surface area contributed by atoms with Crippen LogP contribution in [0.5, 0.6) is 11.5 Å². The molecule has 0 atom stereocenters. The van der Waals surface area contributed by atoms with Crippen LogP contribution in [0.4, 0.5) is 4.39 Å². The number of benzene rings is 1. The lowest BCUT2D eigenvalue weighted by atomic mass is 10.3. The number of nitrogens with two attached hydrogens (primary N) is 1. The lowest BCUT2D eigenvalue weighted by Gasteiger charge is -2.07. The van der Waals surface area contributed by atoms with Crippen molar-refractivity contribution in [3.8, 4) is 11.5 Å². The highest BCUT2D eigenvalue weighted by Gasteiger charge is 2.08. The first-order chi connectivity index (χ1) is 8.58. The molecule has 1 aromatic heterocycles. The minimum absolute atomic E-state index is 0.0131. The quantitative estimate of drug-likeness (QED) is 0.662. The molecule has 2 aromatic rings. The first-order valence-electron chi connectivity index (χ1n) is 5.00. The van der Waals surface area contributed by atoms with Crippen molar-refractivity contribution in [3.05, 3.63) is 53.1 Å². The summed E-state index contributed by atoms with van der Waals surface area (Å²) in [4.78, 5) is 3.90. The van der Waals surface area contributed by atoms with E-state index in [2.05, 4.69) is 4.98 Å². The summed E-state index contributed by atoms with van der Waals surface area (Å²) in [6.45, 7) is 0. The minimum atomic E-state index is -0.630. The fourth-order valence-electron chi connectivity index (χ4n) is 1.29. The van der Waals surface area contributed by atoms with Crippen molar-refractivity contribution in [3.63, 3.8) is 0 Å². The van der Waals surface area contributed by atoms with Gasteiger partial charge in [-0.1, -0.05) is 17.7 Å².